The van der Waals surface area contributed by atoms with Gasteiger partial charge in [-0.3, -0.25) is 9.78 Å². The van der Waals surface area contributed by atoms with Gasteiger partial charge < -0.3 is 0 Å². The second-order valence-electron chi connectivity index (χ2n) is 3.76. The van der Waals surface area contributed by atoms with E-state index < -0.39 is 0 Å². The summed E-state index contributed by atoms with van der Waals surface area (Å²) in [5.41, 5.74) is 1.32. The van der Waals surface area contributed by atoms with Crippen LogP contribution in [0.4, 0.5) is 0 Å². The number of carbonyl (C=O) groups is 1. The van der Waals surface area contributed by atoms with Gasteiger partial charge in [-0.25, -0.2) is 9.67 Å². The first kappa shape index (κ1) is 11.4. The Bertz CT molecular complexity index is 533. The molecule has 0 spiro atoms. The monoisotopic (exact) mass is 230 g/mol. The van der Waals surface area contributed by atoms with Crippen molar-refractivity contribution in [3.63, 3.8) is 0 Å². The summed E-state index contributed by atoms with van der Waals surface area (Å²) in [5.74, 6) is 0.650. The number of hydrogen-bond acceptors (Lipinski definition) is 4. The third-order valence-corrected chi connectivity index (χ3v) is 2.49. The van der Waals surface area contributed by atoms with E-state index >= 15 is 0 Å². The highest BCUT2D eigenvalue weighted by Crippen LogP contribution is 2.04. The largest absolute Gasteiger partial charge is 0.292 e. The Labute approximate surface area is 99.5 Å². The maximum absolute atomic E-state index is 12.0. The first-order valence-corrected chi connectivity index (χ1v) is 5.54. The summed E-state index contributed by atoms with van der Waals surface area (Å²) >= 11 is 0. The molecule has 0 aliphatic heterocycles. The second-order valence-corrected chi connectivity index (χ2v) is 3.76. The number of hydrogen-bond donors (Lipinski definition) is 0. The first-order chi connectivity index (χ1) is 8.20. The van der Waals surface area contributed by atoms with Crippen LogP contribution in [-0.4, -0.2) is 25.5 Å². The molecule has 0 unspecified atom stereocenters. The van der Waals surface area contributed by atoms with E-state index in [0.717, 1.165) is 5.69 Å². The van der Waals surface area contributed by atoms with Gasteiger partial charge >= 0.3 is 0 Å². The van der Waals surface area contributed by atoms with Gasteiger partial charge in [0, 0.05) is 12.2 Å². The molecule has 0 radical (unpaired) electrons. The average Bonchev–Trinajstić information content (AvgIpc) is 2.76. The number of nitrogens with zero attached hydrogens (tertiary/aromatic N) is 4. The zero-order valence-corrected chi connectivity index (χ0v) is 9.92. The average molecular weight is 230 g/mol. The Hall–Kier alpha value is -2.04. The van der Waals surface area contributed by atoms with Crippen molar-refractivity contribution in [3.05, 3.63) is 41.7 Å². The van der Waals surface area contributed by atoms with Gasteiger partial charge in [0.2, 0.25) is 0 Å². The molecule has 5 nitrogen and oxygen atoms in total. The number of rotatable bonds is 4. The normalized spacial score (nSPS) is 10.5. The first-order valence-electron chi connectivity index (χ1n) is 5.54. The Morgan fingerprint density at radius 3 is 2.94 bits per heavy atom. The number of aromatic nitrogens is 4. The van der Waals surface area contributed by atoms with Gasteiger partial charge in [0.05, 0.1) is 6.42 Å². The van der Waals surface area contributed by atoms with Crippen LogP contribution in [0.3, 0.4) is 0 Å². The van der Waals surface area contributed by atoms with Crippen molar-refractivity contribution in [1.29, 1.82) is 0 Å². The van der Waals surface area contributed by atoms with E-state index in [0.29, 0.717) is 18.1 Å². The lowest BCUT2D eigenvalue weighted by atomic mass is 10.2. The SMILES string of the molecule is CCn1ncnc1CC(=O)c1cccc(C)n1. The molecular formula is C12H14N4O. The Morgan fingerprint density at radius 2 is 2.24 bits per heavy atom. The summed E-state index contributed by atoms with van der Waals surface area (Å²) < 4.78 is 1.72. The van der Waals surface area contributed by atoms with Crippen LogP contribution >= 0.6 is 0 Å². The Kier molecular flexibility index (Phi) is 3.27. The van der Waals surface area contributed by atoms with Gasteiger partial charge in [-0.1, -0.05) is 6.07 Å². The lowest BCUT2D eigenvalue weighted by Gasteiger charge is -2.02. The van der Waals surface area contributed by atoms with Crippen LogP contribution in [0.15, 0.2) is 24.5 Å². The molecule has 0 amide bonds. The van der Waals surface area contributed by atoms with E-state index in [9.17, 15) is 4.79 Å². The maximum atomic E-state index is 12.0. The predicted octanol–water partition coefficient (Wildman–Crippen LogP) is 1.43. The minimum absolute atomic E-state index is 0.0311. The van der Waals surface area contributed by atoms with Crippen molar-refractivity contribution < 1.29 is 4.79 Å². The molecule has 17 heavy (non-hydrogen) atoms. The maximum Gasteiger partial charge on any atom is 0.188 e. The number of aryl methyl sites for hydroxylation is 2. The van der Waals surface area contributed by atoms with Gasteiger partial charge in [0.15, 0.2) is 5.78 Å². The zero-order valence-electron chi connectivity index (χ0n) is 9.92. The van der Waals surface area contributed by atoms with Crippen LogP contribution in [0.1, 0.15) is 28.9 Å². The highest BCUT2D eigenvalue weighted by molar-refractivity contribution is 5.95. The minimum atomic E-state index is -0.0311. The van der Waals surface area contributed by atoms with Gasteiger partial charge in [-0.15, -0.1) is 0 Å². The van der Waals surface area contributed by atoms with E-state index in [1.54, 1.807) is 10.7 Å². The number of Topliss-reactive ketones (excluding diaryl/α,β-unsaturated/α-hetero) is 1. The van der Waals surface area contributed by atoms with Crippen LogP contribution < -0.4 is 0 Å². The van der Waals surface area contributed by atoms with Crippen LogP contribution in [0.5, 0.6) is 0 Å². The highest BCUT2D eigenvalue weighted by atomic mass is 16.1. The molecule has 0 saturated carbocycles. The van der Waals surface area contributed by atoms with Crippen LogP contribution in [-0.2, 0) is 13.0 Å². The summed E-state index contributed by atoms with van der Waals surface area (Å²) in [7, 11) is 0. The molecule has 88 valence electrons. The van der Waals surface area contributed by atoms with Gasteiger partial charge in [-0.2, -0.15) is 5.10 Å². The number of ketones is 1. The quantitative estimate of drug-likeness (QED) is 0.745. The van der Waals surface area contributed by atoms with Crippen LogP contribution in [0, 0.1) is 6.92 Å². The number of pyridine rings is 1. The molecule has 0 aliphatic rings. The summed E-state index contributed by atoms with van der Waals surface area (Å²) in [4.78, 5) is 20.3. The molecule has 5 heteroatoms. The molecule has 0 N–H and O–H groups in total. The Balaban J connectivity index is 2.17. The Morgan fingerprint density at radius 1 is 1.41 bits per heavy atom. The highest BCUT2D eigenvalue weighted by Gasteiger charge is 2.12. The fourth-order valence-corrected chi connectivity index (χ4v) is 1.62. The second kappa shape index (κ2) is 4.86. The number of carbonyl (C=O) groups excluding carboxylic acids is 1. The summed E-state index contributed by atoms with van der Waals surface area (Å²) in [5, 5.41) is 4.03. The third-order valence-electron chi connectivity index (χ3n) is 2.49. The minimum Gasteiger partial charge on any atom is -0.292 e. The topological polar surface area (TPSA) is 60.7 Å². The lowest BCUT2D eigenvalue weighted by molar-refractivity contribution is 0.0984. The van der Waals surface area contributed by atoms with Gasteiger partial charge in [-0.05, 0) is 26.0 Å². The van der Waals surface area contributed by atoms with E-state index in [1.807, 2.05) is 26.0 Å². The van der Waals surface area contributed by atoms with Gasteiger partial charge in [0.25, 0.3) is 0 Å². The van der Waals surface area contributed by atoms with E-state index in [2.05, 4.69) is 15.1 Å². The smallest absolute Gasteiger partial charge is 0.188 e. The third kappa shape index (κ3) is 2.55. The molecule has 2 heterocycles. The van der Waals surface area contributed by atoms with Crippen molar-refractivity contribution in [1.82, 2.24) is 19.7 Å². The molecular weight excluding hydrogens is 216 g/mol. The van der Waals surface area contributed by atoms with E-state index in [-0.39, 0.29) is 12.2 Å². The molecule has 2 rings (SSSR count). The molecule has 0 aromatic carbocycles. The lowest BCUT2D eigenvalue weighted by Crippen LogP contribution is -2.12. The molecule has 0 fully saturated rings. The molecule has 2 aromatic heterocycles. The standard InChI is InChI=1S/C12H14N4O/c1-3-16-12(13-8-14-16)7-11(17)10-6-4-5-9(2)15-10/h4-6,8H,3,7H2,1-2H3. The fraction of sp³-hybridized carbons (Fsp3) is 0.333. The van der Waals surface area contributed by atoms with Crippen LogP contribution in [0.2, 0.25) is 0 Å². The summed E-state index contributed by atoms with van der Waals surface area (Å²) in [6.45, 7) is 4.54. The predicted molar refractivity (Wildman–Crippen MR) is 62.7 cm³/mol. The van der Waals surface area contributed by atoms with Crippen molar-refractivity contribution >= 4 is 5.78 Å². The van der Waals surface area contributed by atoms with Crippen molar-refractivity contribution in [3.8, 4) is 0 Å². The van der Waals surface area contributed by atoms with Crippen molar-refractivity contribution in [2.75, 3.05) is 0 Å². The van der Waals surface area contributed by atoms with Crippen molar-refractivity contribution in [2.45, 2.75) is 26.8 Å². The summed E-state index contributed by atoms with van der Waals surface area (Å²) in [6.07, 6.45) is 1.71. The van der Waals surface area contributed by atoms with E-state index in [1.165, 1.54) is 6.33 Å². The molecule has 0 atom stereocenters. The molecule has 0 aliphatic carbocycles. The molecule has 0 saturated heterocycles. The molecule has 0 bridgehead atoms. The fourth-order valence-electron chi connectivity index (χ4n) is 1.62. The zero-order chi connectivity index (χ0) is 12.3. The summed E-state index contributed by atoms with van der Waals surface area (Å²) in [6, 6.07) is 5.42. The molecule has 2 aromatic rings. The van der Waals surface area contributed by atoms with E-state index in [4.69, 9.17) is 0 Å². The van der Waals surface area contributed by atoms with Gasteiger partial charge in [0.1, 0.15) is 17.8 Å². The van der Waals surface area contributed by atoms with Crippen molar-refractivity contribution in [2.24, 2.45) is 0 Å². The van der Waals surface area contributed by atoms with Crippen LogP contribution in [0.25, 0.3) is 0 Å².